The first-order chi connectivity index (χ1) is 22.8. The minimum absolute atomic E-state index is 1.37. The first-order valence-corrected chi connectivity index (χ1v) is 22.6. The second-order valence-electron chi connectivity index (χ2n) is 15.6. The Bertz CT molecular complexity index is 430. The van der Waals surface area contributed by atoms with Gasteiger partial charge in [-0.1, -0.05) is 233 Å². The Morgan fingerprint density at radius 1 is 0.174 bits per heavy atom. The van der Waals surface area contributed by atoms with Crippen LogP contribution >= 0.6 is 0 Å². The third-order valence-electron chi connectivity index (χ3n) is 10.7. The molecular weight excluding hydrogens is 555 g/mol. The zero-order valence-electron chi connectivity index (χ0n) is 33.1. The summed E-state index contributed by atoms with van der Waals surface area (Å²) in [5.74, 6) is 0. The summed E-state index contributed by atoms with van der Waals surface area (Å²) in [5, 5.41) is 0. The van der Waals surface area contributed by atoms with Crippen LogP contribution in [0.15, 0.2) is 0 Å². The summed E-state index contributed by atoms with van der Waals surface area (Å²) in [4.78, 5) is 2.87. The maximum absolute atomic E-state index is 2.87. The molecule has 0 aromatic rings. The van der Waals surface area contributed by atoms with Gasteiger partial charge in [0, 0.05) is 19.3 Å². The fourth-order valence-corrected chi connectivity index (χ4v) is 7.39. The van der Waals surface area contributed by atoms with Crippen molar-refractivity contribution in [3.8, 4) is 0 Å². The van der Waals surface area contributed by atoms with Crippen molar-refractivity contribution in [1.82, 2.24) is 4.90 Å². The molecule has 0 N–H and O–H groups in total. The third kappa shape index (κ3) is 40.1. The van der Waals surface area contributed by atoms with Gasteiger partial charge in [-0.05, 0) is 19.3 Å². The van der Waals surface area contributed by atoms with E-state index in [1.807, 2.05) is 0 Å². The normalized spacial score (nSPS) is 11.7. The molecule has 277 valence electrons. The van der Waals surface area contributed by atoms with Crippen LogP contribution in [-0.2, 0) is 0 Å². The van der Waals surface area contributed by atoms with E-state index in [0.29, 0.717) is 0 Å². The van der Waals surface area contributed by atoms with Gasteiger partial charge in [0.15, 0.2) is 0 Å². The van der Waals surface area contributed by atoms with Gasteiger partial charge in [0.25, 0.3) is 0 Å². The summed E-state index contributed by atoms with van der Waals surface area (Å²) in [5.41, 5.74) is 0. The number of hydrogen-bond donors (Lipinski definition) is 0. The van der Waals surface area contributed by atoms with E-state index in [1.165, 1.54) is 270 Å². The molecule has 0 heterocycles. The van der Waals surface area contributed by atoms with Gasteiger partial charge in [0.05, 0.1) is 0 Å². The van der Waals surface area contributed by atoms with Crippen molar-refractivity contribution in [3.63, 3.8) is 0 Å². The molecule has 0 aliphatic carbocycles. The minimum atomic E-state index is 1.37. The Morgan fingerprint density at radius 3 is 0.457 bits per heavy atom. The van der Waals surface area contributed by atoms with Gasteiger partial charge in [-0.15, -0.1) is 0 Å². The zero-order valence-corrected chi connectivity index (χ0v) is 33.1. The van der Waals surface area contributed by atoms with E-state index in [2.05, 4.69) is 25.7 Å². The molecule has 0 fully saturated rings. The molecule has 0 rings (SSSR count). The third-order valence-corrected chi connectivity index (χ3v) is 10.7. The highest BCUT2D eigenvalue weighted by molar-refractivity contribution is 4.66. The largest absolute Gasteiger partial charge is 0.170 e. The molecule has 0 spiro atoms. The molecule has 46 heavy (non-hydrogen) atoms. The molecule has 0 aliphatic heterocycles. The molecule has 1 heteroatoms. The van der Waals surface area contributed by atoms with E-state index in [0.717, 1.165) is 0 Å². The van der Waals surface area contributed by atoms with E-state index in [1.54, 1.807) is 0 Å². The summed E-state index contributed by atoms with van der Waals surface area (Å²) < 4.78 is 0. The molecule has 0 aliphatic rings. The SMILES string of the molecule is CCCCCCCCCCCCCCC[N+](CCCCCCCCCCCCCCC)CCCCCCCCCCCCCCC. The van der Waals surface area contributed by atoms with Gasteiger partial charge in [-0.25, -0.2) is 0 Å². The summed E-state index contributed by atoms with van der Waals surface area (Å²) >= 11 is 0. The molecule has 0 saturated heterocycles. The topological polar surface area (TPSA) is 5.90 Å². The average Bonchev–Trinajstić information content (AvgIpc) is 3.07. The fourth-order valence-electron chi connectivity index (χ4n) is 7.39. The average molecular weight is 648 g/mol. The maximum atomic E-state index is 2.87. The lowest BCUT2D eigenvalue weighted by molar-refractivity contribution is 0.366. The maximum Gasteiger partial charge on any atom is 0.122 e. The van der Waals surface area contributed by atoms with Crippen molar-refractivity contribution in [2.24, 2.45) is 0 Å². The van der Waals surface area contributed by atoms with Crippen LogP contribution in [0.5, 0.6) is 0 Å². The van der Waals surface area contributed by atoms with Crippen LogP contribution in [0.4, 0.5) is 0 Å². The highest BCUT2D eigenvalue weighted by atomic mass is 15.1. The lowest BCUT2D eigenvalue weighted by atomic mass is 10.0. The Balaban J connectivity index is 3.91. The lowest BCUT2D eigenvalue weighted by Gasteiger charge is -2.13. The van der Waals surface area contributed by atoms with Crippen LogP contribution in [-0.4, -0.2) is 19.6 Å². The van der Waals surface area contributed by atoms with Gasteiger partial charge in [0.1, 0.15) is 19.6 Å². The first kappa shape index (κ1) is 46.0. The number of hydrogen-bond acceptors (Lipinski definition) is 1. The molecule has 1 radical (unpaired) electrons. The Labute approximate surface area is 295 Å². The van der Waals surface area contributed by atoms with E-state index < -0.39 is 0 Å². The molecule has 0 saturated carbocycles. The van der Waals surface area contributed by atoms with Crippen LogP contribution in [0.1, 0.15) is 271 Å². The summed E-state index contributed by atoms with van der Waals surface area (Å²) in [7, 11) is 0. The van der Waals surface area contributed by atoms with Crippen molar-refractivity contribution in [2.75, 3.05) is 19.6 Å². The van der Waals surface area contributed by atoms with Gasteiger partial charge < -0.3 is 0 Å². The molecular formula is C45H93N+. The standard InChI is InChI=1S/C45H93N/c1-4-7-10-13-16-19-22-25-28-31-34-37-40-43-46(44-41-38-35-32-29-26-23-20-17-14-11-8-5-2)45-42-39-36-33-30-27-24-21-18-15-12-9-6-3/h4-45H2,1-3H3/q+1. The van der Waals surface area contributed by atoms with Gasteiger partial charge >= 0.3 is 0 Å². The van der Waals surface area contributed by atoms with Crippen LogP contribution in [0.2, 0.25) is 0 Å². The summed E-state index contributed by atoms with van der Waals surface area (Å²) in [6.45, 7) is 11.1. The van der Waals surface area contributed by atoms with E-state index in [-0.39, 0.29) is 0 Å². The molecule has 0 aromatic carbocycles. The van der Waals surface area contributed by atoms with Crippen LogP contribution in [0.3, 0.4) is 0 Å². The molecule has 0 amide bonds. The van der Waals surface area contributed by atoms with E-state index in [4.69, 9.17) is 0 Å². The van der Waals surface area contributed by atoms with Gasteiger partial charge in [0.2, 0.25) is 0 Å². The number of nitrogens with zero attached hydrogens (tertiary/aromatic N) is 1. The van der Waals surface area contributed by atoms with E-state index in [9.17, 15) is 0 Å². The second kappa shape index (κ2) is 43.0. The molecule has 1 nitrogen and oxygen atoms in total. The van der Waals surface area contributed by atoms with Crippen molar-refractivity contribution >= 4 is 0 Å². The lowest BCUT2D eigenvalue weighted by Crippen LogP contribution is -2.33. The number of rotatable bonds is 42. The van der Waals surface area contributed by atoms with Crippen LogP contribution < -0.4 is 4.90 Å². The second-order valence-corrected chi connectivity index (χ2v) is 15.6. The Morgan fingerprint density at radius 2 is 0.304 bits per heavy atom. The van der Waals surface area contributed by atoms with Crippen molar-refractivity contribution in [3.05, 3.63) is 0 Å². The van der Waals surface area contributed by atoms with Crippen LogP contribution in [0.25, 0.3) is 0 Å². The zero-order chi connectivity index (χ0) is 33.3. The first-order valence-electron chi connectivity index (χ1n) is 22.6. The monoisotopic (exact) mass is 648 g/mol. The molecule has 0 atom stereocenters. The number of unbranched alkanes of at least 4 members (excludes halogenated alkanes) is 36. The summed E-state index contributed by atoms with van der Waals surface area (Å²) in [6, 6.07) is 0. The fraction of sp³-hybridized carbons (Fsp3) is 1.00. The quantitative estimate of drug-likeness (QED) is 0.0459. The highest BCUT2D eigenvalue weighted by Gasteiger charge is 2.13. The molecule has 0 unspecified atom stereocenters. The predicted molar refractivity (Wildman–Crippen MR) is 214 cm³/mol. The van der Waals surface area contributed by atoms with Crippen molar-refractivity contribution < 1.29 is 0 Å². The van der Waals surface area contributed by atoms with Gasteiger partial charge in [-0.2, -0.15) is 4.90 Å². The molecule has 0 aromatic heterocycles. The highest BCUT2D eigenvalue weighted by Crippen LogP contribution is 2.16. The molecule has 0 bridgehead atoms. The Kier molecular flexibility index (Phi) is 42.9. The smallest absolute Gasteiger partial charge is 0.122 e. The van der Waals surface area contributed by atoms with Crippen molar-refractivity contribution in [2.45, 2.75) is 271 Å². The van der Waals surface area contributed by atoms with Crippen LogP contribution in [0, 0.1) is 0 Å². The Hall–Kier alpha value is -0.0400. The van der Waals surface area contributed by atoms with E-state index >= 15 is 0 Å². The van der Waals surface area contributed by atoms with Crippen molar-refractivity contribution in [1.29, 1.82) is 0 Å². The van der Waals surface area contributed by atoms with Gasteiger partial charge in [-0.3, -0.25) is 0 Å². The minimum Gasteiger partial charge on any atom is -0.170 e. The summed E-state index contributed by atoms with van der Waals surface area (Å²) in [6.07, 6.45) is 57.1. The predicted octanol–water partition coefficient (Wildman–Crippen LogP) is 16.4.